The molecule has 0 saturated heterocycles. The van der Waals surface area contributed by atoms with Crippen LogP contribution in [0.2, 0.25) is 0 Å². The molecule has 0 unspecified atom stereocenters. The molecule has 0 amide bonds. The molecular formula is C27H45N. The maximum absolute atomic E-state index is 4.75. The lowest BCUT2D eigenvalue weighted by Crippen LogP contribution is -2.24. The molecule has 0 N–H and O–H groups in total. The molecule has 1 rings (SSSR count). The van der Waals surface area contributed by atoms with E-state index in [1.165, 1.54) is 16.7 Å². The van der Waals surface area contributed by atoms with Crippen molar-refractivity contribution in [3.8, 4) is 0 Å². The van der Waals surface area contributed by atoms with Crippen molar-refractivity contribution < 1.29 is 0 Å². The van der Waals surface area contributed by atoms with Gasteiger partial charge in [0.05, 0.1) is 0 Å². The topological polar surface area (TPSA) is 12.9 Å². The van der Waals surface area contributed by atoms with Gasteiger partial charge in [0.25, 0.3) is 0 Å². The van der Waals surface area contributed by atoms with Crippen molar-refractivity contribution in [1.82, 2.24) is 4.98 Å². The second-order valence-corrected chi connectivity index (χ2v) is 11.8. The molecule has 0 aliphatic heterocycles. The normalized spacial score (nSPS) is 14.3. The van der Waals surface area contributed by atoms with E-state index in [0.29, 0.717) is 0 Å². The first kappa shape index (κ1) is 24.7. The van der Waals surface area contributed by atoms with E-state index in [1.807, 2.05) is 0 Å². The zero-order valence-corrected chi connectivity index (χ0v) is 20.6. The predicted octanol–water partition coefficient (Wildman–Crippen LogP) is 8.40. The lowest BCUT2D eigenvalue weighted by atomic mass is 9.70. The van der Waals surface area contributed by atoms with Crippen molar-refractivity contribution in [3.05, 3.63) is 53.4 Å². The Balaban J connectivity index is 2.86. The van der Waals surface area contributed by atoms with Crippen LogP contribution in [0, 0.1) is 10.8 Å². The van der Waals surface area contributed by atoms with Gasteiger partial charge < -0.3 is 0 Å². The van der Waals surface area contributed by atoms with E-state index >= 15 is 0 Å². The number of nitrogens with zero attached hydrogens (tertiary/aromatic N) is 1. The van der Waals surface area contributed by atoms with Crippen LogP contribution in [0.15, 0.2) is 42.1 Å². The Kier molecular flexibility index (Phi) is 7.54. The summed E-state index contributed by atoms with van der Waals surface area (Å²) in [5.41, 5.74) is 5.82. The van der Waals surface area contributed by atoms with Crippen LogP contribution in [0.4, 0.5) is 0 Å². The van der Waals surface area contributed by atoms with E-state index in [-0.39, 0.29) is 21.7 Å². The summed E-state index contributed by atoms with van der Waals surface area (Å²) in [7, 11) is 0. The molecule has 0 spiro atoms. The molecule has 1 aromatic rings. The zero-order valence-electron chi connectivity index (χ0n) is 20.6. The van der Waals surface area contributed by atoms with E-state index < -0.39 is 0 Å². The highest BCUT2D eigenvalue weighted by Crippen LogP contribution is 2.41. The standard InChI is InChI=1S/C27H45N/c1-13-21(24(3,4)5)18-20(2)26(9,10)16-17-27(11,12)22-14-15-23(28-19-22)25(6,7)8/h13-15,19H,2,16-18H2,1,3-12H3/b21-13+. The van der Waals surface area contributed by atoms with Gasteiger partial charge in [-0.15, -0.1) is 0 Å². The van der Waals surface area contributed by atoms with Crippen LogP contribution in [0.1, 0.15) is 107 Å². The van der Waals surface area contributed by atoms with E-state index in [4.69, 9.17) is 4.98 Å². The zero-order chi connectivity index (χ0) is 22.0. The van der Waals surface area contributed by atoms with Crippen LogP contribution in [-0.4, -0.2) is 4.98 Å². The molecular weight excluding hydrogens is 338 g/mol. The molecule has 0 saturated carbocycles. The van der Waals surface area contributed by atoms with E-state index in [0.717, 1.165) is 25.0 Å². The molecule has 0 atom stereocenters. The summed E-state index contributed by atoms with van der Waals surface area (Å²) >= 11 is 0. The minimum atomic E-state index is 0.0972. The Morgan fingerprint density at radius 2 is 1.50 bits per heavy atom. The monoisotopic (exact) mass is 383 g/mol. The van der Waals surface area contributed by atoms with Gasteiger partial charge in [-0.3, -0.25) is 4.98 Å². The minimum absolute atomic E-state index is 0.0972. The predicted molar refractivity (Wildman–Crippen MR) is 126 cm³/mol. The SMILES string of the molecule is C=C(C/C(=C\C)C(C)(C)C)C(C)(C)CCC(C)(C)c1ccc(C(C)(C)C)nc1. The third kappa shape index (κ3) is 6.61. The summed E-state index contributed by atoms with van der Waals surface area (Å²) in [6, 6.07) is 4.47. The summed E-state index contributed by atoms with van der Waals surface area (Å²) in [5.74, 6) is 0. The van der Waals surface area contributed by atoms with Crippen molar-refractivity contribution in [3.63, 3.8) is 0 Å². The molecule has 0 aliphatic rings. The highest BCUT2D eigenvalue weighted by Gasteiger charge is 2.30. The first-order chi connectivity index (χ1) is 12.5. The maximum atomic E-state index is 4.75. The van der Waals surface area contributed by atoms with Crippen molar-refractivity contribution >= 4 is 0 Å². The fourth-order valence-electron chi connectivity index (χ4n) is 3.45. The molecule has 0 fully saturated rings. The number of allylic oxidation sites excluding steroid dienone is 3. The number of rotatable bonds is 7. The maximum Gasteiger partial charge on any atom is 0.0457 e. The van der Waals surface area contributed by atoms with Crippen molar-refractivity contribution in [2.24, 2.45) is 10.8 Å². The molecule has 1 aromatic heterocycles. The van der Waals surface area contributed by atoms with Gasteiger partial charge in [-0.1, -0.05) is 99.1 Å². The molecule has 28 heavy (non-hydrogen) atoms. The third-order valence-corrected chi connectivity index (χ3v) is 6.36. The van der Waals surface area contributed by atoms with E-state index in [2.05, 4.69) is 107 Å². The lowest BCUT2D eigenvalue weighted by molar-refractivity contribution is 0.327. The van der Waals surface area contributed by atoms with Crippen molar-refractivity contribution in [2.75, 3.05) is 0 Å². The first-order valence-electron chi connectivity index (χ1n) is 10.8. The van der Waals surface area contributed by atoms with Crippen LogP contribution in [0.3, 0.4) is 0 Å². The summed E-state index contributed by atoms with van der Waals surface area (Å²) in [6.07, 6.45) is 7.60. The molecule has 0 bridgehead atoms. The van der Waals surface area contributed by atoms with Gasteiger partial charge >= 0.3 is 0 Å². The molecule has 0 aliphatic carbocycles. The van der Waals surface area contributed by atoms with Gasteiger partial charge in [0.2, 0.25) is 0 Å². The van der Waals surface area contributed by atoms with E-state index in [9.17, 15) is 0 Å². The smallest absolute Gasteiger partial charge is 0.0457 e. The van der Waals surface area contributed by atoms with Gasteiger partial charge in [0.1, 0.15) is 0 Å². The fraction of sp³-hybridized carbons (Fsp3) is 0.667. The number of hydrogen-bond donors (Lipinski definition) is 0. The largest absolute Gasteiger partial charge is 0.260 e. The minimum Gasteiger partial charge on any atom is -0.260 e. The van der Waals surface area contributed by atoms with Gasteiger partial charge in [-0.2, -0.15) is 0 Å². The van der Waals surface area contributed by atoms with Crippen LogP contribution in [0.25, 0.3) is 0 Å². The number of pyridine rings is 1. The average molecular weight is 384 g/mol. The molecule has 0 radical (unpaired) electrons. The Bertz CT molecular complexity index is 685. The highest BCUT2D eigenvalue weighted by atomic mass is 14.7. The van der Waals surface area contributed by atoms with E-state index in [1.54, 1.807) is 0 Å². The van der Waals surface area contributed by atoms with Gasteiger partial charge in [-0.05, 0) is 54.1 Å². The van der Waals surface area contributed by atoms with Gasteiger partial charge in [0.15, 0.2) is 0 Å². The summed E-state index contributed by atoms with van der Waals surface area (Å²) in [5, 5.41) is 0. The third-order valence-electron chi connectivity index (χ3n) is 6.36. The second kappa shape index (κ2) is 8.56. The Hall–Kier alpha value is -1.37. The molecule has 158 valence electrons. The molecule has 0 aromatic carbocycles. The molecule has 1 heterocycles. The van der Waals surface area contributed by atoms with Crippen LogP contribution < -0.4 is 0 Å². The Labute approximate surface area is 175 Å². The van der Waals surface area contributed by atoms with Crippen LogP contribution >= 0.6 is 0 Å². The summed E-state index contributed by atoms with van der Waals surface area (Å²) in [6.45, 7) is 29.5. The quantitative estimate of drug-likeness (QED) is 0.431. The van der Waals surface area contributed by atoms with Gasteiger partial charge in [-0.25, -0.2) is 0 Å². The fourth-order valence-corrected chi connectivity index (χ4v) is 3.45. The first-order valence-corrected chi connectivity index (χ1v) is 10.8. The summed E-state index contributed by atoms with van der Waals surface area (Å²) in [4.78, 5) is 4.75. The number of aromatic nitrogens is 1. The Morgan fingerprint density at radius 3 is 1.89 bits per heavy atom. The second-order valence-electron chi connectivity index (χ2n) is 11.8. The summed E-state index contributed by atoms with van der Waals surface area (Å²) < 4.78 is 0. The lowest BCUT2D eigenvalue weighted by Gasteiger charge is -2.35. The molecule has 1 nitrogen and oxygen atoms in total. The van der Waals surface area contributed by atoms with Crippen LogP contribution in [0.5, 0.6) is 0 Å². The van der Waals surface area contributed by atoms with Crippen LogP contribution in [-0.2, 0) is 10.8 Å². The highest BCUT2D eigenvalue weighted by molar-refractivity contribution is 5.26. The molecule has 1 heteroatoms. The average Bonchev–Trinajstić information content (AvgIpc) is 2.56. The van der Waals surface area contributed by atoms with Crippen molar-refractivity contribution in [1.29, 1.82) is 0 Å². The van der Waals surface area contributed by atoms with Gasteiger partial charge in [0, 0.05) is 17.3 Å². The van der Waals surface area contributed by atoms with Crippen molar-refractivity contribution in [2.45, 2.75) is 106 Å². The number of hydrogen-bond acceptors (Lipinski definition) is 1. The Morgan fingerprint density at radius 1 is 0.929 bits per heavy atom.